The molecule has 0 radical (unpaired) electrons. The van der Waals surface area contributed by atoms with Crippen LogP contribution in [0.4, 0.5) is 0 Å². The van der Waals surface area contributed by atoms with Crippen molar-refractivity contribution >= 4 is 0 Å². The monoisotopic (exact) mass is 646 g/mol. The summed E-state index contributed by atoms with van der Waals surface area (Å²) in [4.78, 5) is 0. The van der Waals surface area contributed by atoms with Crippen LogP contribution in [0.3, 0.4) is 0 Å². The van der Waals surface area contributed by atoms with Crippen LogP contribution in [0.25, 0.3) is 44.5 Å². The summed E-state index contributed by atoms with van der Waals surface area (Å²) in [6, 6.07) is 67.5. The van der Waals surface area contributed by atoms with Crippen LogP contribution in [0.2, 0.25) is 0 Å². The molecule has 0 unspecified atom stereocenters. The van der Waals surface area contributed by atoms with Gasteiger partial charge in [-0.2, -0.15) is 0 Å². The van der Waals surface area contributed by atoms with Crippen molar-refractivity contribution in [3.63, 3.8) is 0 Å². The van der Waals surface area contributed by atoms with E-state index in [2.05, 4.69) is 182 Å². The molecule has 0 N–H and O–H groups in total. The largest absolute Gasteiger partial charge is 0.457 e. The number of rotatable bonds is 1. The Hall–Kier alpha value is -6.44. The number of fused-ring (bicyclic) bond motifs is 19. The summed E-state index contributed by atoms with van der Waals surface area (Å²) in [6.07, 6.45) is 0. The Morgan fingerprint density at radius 3 is 1.22 bits per heavy atom. The van der Waals surface area contributed by atoms with E-state index in [1.54, 1.807) is 0 Å². The van der Waals surface area contributed by atoms with Gasteiger partial charge in [-0.15, -0.1) is 0 Å². The number of benzene rings is 8. The van der Waals surface area contributed by atoms with Gasteiger partial charge in [0.15, 0.2) is 0 Å². The highest BCUT2D eigenvalue weighted by Crippen LogP contribution is 2.66. The van der Waals surface area contributed by atoms with Gasteiger partial charge in [-0.1, -0.05) is 170 Å². The first-order valence-corrected chi connectivity index (χ1v) is 17.9. The quantitative estimate of drug-likeness (QED) is 0.172. The van der Waals surface area contributed by atoms with Crippen LogP contribution in [-0.4, -0.2) is 0 Å². The highest BCUT2D eigenvalue weighted by Gasteiger charge is 2.54. The van der Waals surface area contributed by atoms with Crippen LogP contribution >= 0.6 is 0 Å². The summed E-state index contributed by atoms with van der Waals surface area (Å²) < 4.78 is 6.97. The lowest BCUT2D eigenvalue weighted by molar-refractivity contribution is 0.436. The highest BCUT2D eigenvalue weighted by molar-refractivity contribution is 5.99. The highest BCUT2D eigenvalue weighted by atomic mass is 16.5. The fourth-order valence-electron chi connectivity index (χ4n) is 10.4. The van der Waals surface area contributed by atoms with Crippen LogP contribution in [0.5, 0.6) is 11.5 Å². The van der Waals surface area contributed by atoms with Crippen molar-refractivity contribution in [2.24, 2.45) is 0 Å². The van der Waals surface area contributed by atoms with Gasteiger partial charge in [0.25, 0.3) is 0 Å². The second-order valence-corrected chi connectivity index (χ2v) is 14.3. The molecule has 8 aromatic carbocycles. The van der Waals surface area contributed by atoms with Gasteiger partial charge in [0.1, 0.15) is 11.5 Å². The molecule has 0 atom stereocenters. The Labute approximate surface area is 297 Å². The van der Waals surface area contributed by atoms with Crippen LogP contribution in [0.1, 0.15) is 44.5 Å². The Bertz CT molecular complexity index is 2690. The molecular weight excluding hydrogens is 617 g/mol. The van der Waals surface area contributed by atoms with Gasteiger partial charge in [-0.3, -0.25) is 0 Å². The van der Waals surface area contributed by atoms with E-state index in [0.29, 0.717) is 0 Å². The lowest BCUT2D eigenvalue weighted by atomic mass is 9.65. The minimum atomic E-state index is -0.477. The molecule has 0 fully saturated rings. The van der Waals surface area contributed by atoms with Crippen molar-refractivity contribution in [3.05, 3.63) is 226 Å². The predicted octanol–water partition coefficient (Wildman–Crippen LogP) is 12.2. The van der Waals surface area contributed by atoms with Crippen molar-refractivity contribution in [3.8, 4) is 56.0 Å². The third-order valence-corrected chi connectivity index (χ3v) is 12.2. The van der Waals surface area contributed by atoms with Crippen molar-refractivity contribution in [2.45, 2.75) is 10.8 Å². The molecule has 8 aromatic rings. The lowest BCUT2D eigenvalue weighted by Gasteiger charge is -2.39. The smallest absolute Gasteiger partial charge is 0.132 e. The molecular formula is C50H30O. The molecule has 0 saturated carbocycles. The summed E-state index contributed by atoms with van der Waals surface area (Å²) in [6.45, 7) is 0. The second-order valence-electron chi connectivity index (χ2n) is 14.3. The van der Waals surface area contributed by atoms with Gasteiger partial charge in [-0.05, 0) is 90.0 Å². The van der Waals surface area contributed by atoms with E-state index >= 15 is 0 Å². The van der Waals surface area contributed by atoms with E-state index in [4.69, 9.17) is 4.74 Å². The van der Waals surface area contributed by atoms with Crippen LogP contribution in [-0.2, 0) is 10.8 Å². The Morgan fingerprint density at radius 1 is 0.275 bits per heavy atom. The minimum absolute atomic E-state index is 0.427. The molecule has 0 aromatic heterocycles. The zero-order chi connectivity index (χ0) is 33.3. The van der Waals surface area contributed by atoms with E-state index in [9.17, 15) is 0 Å². The lowest BCUT2D eigenvalue weighted by Crippen LogP contribution is -2.32. The van der Waals surface area contributed by atoms with E-state index in [1.165, 1.54) is 83.5 Å². The zero-order valence-electron chi connectivity index (χ0n) is 27.7. The predicted molar refractivity (Wildman–Crippen MR) is 206 cm³/mol. The summed E-state index contributed by atoms with van der Waals surface area (Å²) in [5, 5.41) is 0. The van der Waals surface area contributed by atoms with Gasteiger partial charge < -0.3 is 4.74 Å². The van der Waals surface area contributed by atoms with Gasteiger partial charge >= 0.3 is 0 Å². The van der Waals surface area contributed by atoms with Gasteiger partial charge in [0.05, 0.1) is 10.8 Å². The zero-order valence-corrected chi connectivity index (χ0v) is 27.7. The molecule has 3 aliphatic carbocycles. The first kappa shape index (κ1) is 27.4. The molecule has 4 aliphatic rings. The molecule has 1 heteroatoms. The van der Waals surface area contributed by atoms with E-state index in [-0.39, 0.29) is 0 Å². The number of hydrogen-bond acceptors (Lipinski definition) is 1. The van der Waals surface area contributed by atoms with Crippen molar-refractivity contribution in [1.29, 1.82) is 0 Å². The normalized spacial score (nSPS) is 15.1. The first-order chi connectivity index (χ1) is 25.3. The molecule has 1 nitrogen and oxygen atoms in total. The third-order valence-electron chi connectivity index (χ3n) is 12.2. The maximum absolute atomic E-state index is 6.97. The van der Waals surface area contributed by atoms with E-state index in [0.717, 1.165) is 17.1 Å². The fourth-order valence-corrected chi connectivity index (χ4v) is 10.4. The standard InChI is InChI=1S/C50H30O/c1-6-21-39-33(14-1)34-15-2-7-22-40(34)49(39)44-26-11-12-27-46(44)51-47-30-31(28-29-45(47)49)32-19-13-20-38-37-18-5-10-25-43(37)50(48(32)38)41-23-8-3-16-35(41)36-17-4-9-24-42(36)50/h1-30H. The first-order valence-electron chi connectivity index (χ1n) is 17.9. The van der Waals surface area contributed by atoms with Crippen molar-refractivity contribution < 1.29 is 4.74 Å². The van der Waals surface area contributed by atoms with Gasteiger partial charge in [0, 0.05) is 11.1 Å². The summed E-state index contributed by atoms with van der Waals surface area (Å²) in [7, 11) is 0. The van der Waals surface area contributed by atoms with Crippen LogP contribution in [0, 0.1) is 0 Å². The van der Waals surface area contributed by atoms with Gasteiger partial charge in [0.2, 0.25) is 0 Å². The van der Waals surface area contributed by atoms with Gasteiger partial charge in [-0.25, -0.2) is 0 Å². The van der Waals surface area contributed by atoms with E-state index < -0.39 is 10.8 Å². The Morgan fingerprint density at radius 2 is 0.667 bits per heavy atom. The maximum Gasteiger partial charge on any atom is 0.132 e. The maximum atomic E-state index is 6.97. The molecule has 1 heterocycles. The Balaban J connectivity index is 1.15. The van der Waals surface area contributed by atoms with E-state index in [1.807, 2.05) is 0 Å². The average molecular weight is 647 g/mol. The summed E-state index contributed by atoms with van der Waals surface area (Å²) in [5.74, 6) is 1.82. The summed E-state index contributed by atoms with van der Waals surface area (Å²) in [5.41, 5.74) is 19.7. The second kappa shape index (κ2) is 9.62. The molecule has 236 valence electrons. The SMILES string of the molecule is c1ccc2c(c1)Oc1cc(-c3cccc4c3C3(c5ccccc5-c5ccccc53)c3ccccc3-4)ccc1C21c2ccccc2-c2ccccc21. The van der Waals surface area contributed by atoms with Crippen molar-refractivity contribution in [1.82, 2.24) is 0 Å². The molecule has 0 saturated heterocycles. The molecule has 12 rings (SSSR count). The number of hydrogen-bond donors (Lipinski definition) is 0. The molecule has 2 spiro atoms. The Kier molecular flexibility index (Phi) is 5.17. The molecule has 0 amide bonds. The van der Waals surface area contributed by atoms with Crippen LogP contribution in [0.15, 0.2) is 182 Å². The van der Waals surface area contributed by atoms with Crippen molar-refractivity contribution in [2.75, 3.05) is 0 Å². The summed E-state index contributed by atoms with van der Waals surface area (Å²) >= 11 is 0. The fraction of sp³-hybridized carbons (Fsp3) is 0.0400. The topological polar surface area (TPSA) is 9.23 Å². The molecule has 51 heavy (non-hydrogen) atoms. The minimum Gasteiger partial charge on any atom is -0.457 e. The number of ether oxygens (including phenoxy) is 1. The number of para-hydroxylation sites is 1. The third kappa shape index (κ3) is 3.15. The van der Waals surface area contributed by atoms with Crippen LogP contribution < -0.4 is 4.74 Å². The molecule has 0 bridgehead atoms. The average Bonchev–Trinajstić information content (AvgIpc) is 3.79. The molecule has 1 aliphatic heterocycles.